The Morgan fingerprint density at radius 2 is 2.00 bits per heavy atom. The molecule has 2 bridgehead atoms. The highest BCUT2D eigenvalue weighted by molar-refractivity contribution is 5.77. The van der Waals surface area contributed by atoms with Crippen molar-refractivity contribution in [2.75, 3.05) is 46.4 Å². The minimum absolute atomic E-state index is 0.0178. The number of methoxy groups -OCH3 is 1. The average molecular weight is 432 g/mol. The van der Waals surface area contributed by atoms with Gasteiger partial charge in [0.2, 0.25) is 5.91 Å². The molecule has 3 aliphatic rings. The first kappa shape index (κ1) is 22.0. The van der Waals surface area contributed by atoms with Gasteiger partial charge in [0.15, 0.2) is 0 Å². The predicted octanol–water partition coefficient (Wildman–Crippen LogP) is 1.24. The molecule has 0 aliphatic carbocycles. The number of ether oxygens (including phenoxy) is 1. The smallest absolute Gasteiger partial charge is 0.303 e. The van der Waals surface area contributed by atoms with Crippen LogP contribution in [0.2, 0.25) is 0 Å². The number of pyridine rings is 1. The lowest BCUT2D eigenvalue weighted by molar-refractivity contribution is -0.141. The maximum Gasteiger partial charge on any atom is 0.303 e. The van der Waals surface area contributed by atoms with Gasteiger partial charge in [-0.2, -0.15) is 0 Å². The summed E-state index contributed by atoms with van der Waals surface area (Å²) < 4.78 is 6.94. The van der Waals surface area contributed by atoms with E-state index in [0.717, 1.165) is 51.1 Å². The zero-order chi connectivity index (χ0) is 22.0. The molecule has 0 saturated carbocycles. The topological polar surface area (TPSA) is 92.1 Å². The molecule has 4 unspecified atom stereocenters. The van der Waals surface area contributed by atoms with Crippen LogP contribution in [0.5, 0.6) is 0 Å². The van der Waals surface area contributed by atoms with Crippen molar-refractivity contribution in [3.05, 3.63) is 34.2 Å². The highest BCUT2D eigenvalue weighted by Crippen LogP contribution is 2.36. The first-order valence-corrected chi connectivity index (χ1v) is 11.3. The summed E-state index contributed by atoms with van der Waals surface area (Å²) in [7, 11) is 1.52. The largest absolute Gasteiger partial charge is 0.481 e. The second-order valence-corrected chi connectivity index (χ2v) is 9.43. The molecule has 170 valence electrons. The van der Waals surface area contributed by atoms with Crippen LogP contribution in [0, 0.1) is 17.8 Å². The summed E-state index contributed by atoms with van der Waals surface area (Å²) in [4.78, 5) is 40.2. The van der Waals surface area contributed by atoms with Gasteiger partial charge < -0.3 is 24.2 Å². The van der Waals surface area contributed by atoms with Crippen LogP contribution >= 0.6 is 0 Å². The van der Waals surface area contributed by atoms with E-state index in [4.69, 9.17) is 4.74 Å². The number of hydrogen-bond donors (Lipinski definition) is 1. The molecule has 2 saturated heterocycles. The fraction of sp³-hybridized carbons (Fsp3) is 0.696. The van der Waals surface area contributed by atoms with Gasteiger partial charge in [-0.25, -0.2) is 0 Å². The fourth-order valence-electron chi connectivity index (χ4n) is 5.87. The number of carboxylic acids is 1. The summed E-state index contributed by atoms with van der Waals surface area (Å²) in [5.74, 6) is 0.363. The lowest BCUT2D eigenvalue weighted by atomic mass is 9.80. The number of piperidine rings is 2. The molecule has 1 N–H and O–H groups in total. The Morgan fingerprint density at radius 1 is 1.16 bits per heavy atom. The maximum absolute atomic E-state index is 12.3. The summed E-state index contributed by atoms with van der Waals surface area (Å²) in [6, 6.07) is 5.58. The number of carbonyl (C=O) groups is 2. The third kappa shape index (κ3) is 5.01. The quantitative estimate of drug-likeness (QED) is 0.699. The first-order valence-electron chi connectivity index (χ1n) is 11.3. The second kappa shape index (κ2) is 9.53. The Bertz CT molecular complexity index is 869. The van der Waals surface area contributed by atoms with Crippen molar-refractivity contribution in [3.8, 4) is 0 Å². The van der Waals surface area contributed by atoms with Gasteiger partial charge in [-0.3, -0.25) is 14.4 Å². The third-order valence-corrected chi connectivity index (χ3v) is 7.32. The van der Waals surface area contributed by atoms with Crippen LogP contribution in [0.1, 0.15) is 37.3 Å². The second-order valence-electron chi connectivity index (χ2n) is 9.43. The van der Waals surface area contributed by atoms with E-state index in [1.165, 1.54) is 7.11 Å². The summed E-state index contributed by atoms with van der Waals surface area (Å²) in [6.07, 6.45) is 2.91. The van der Waals surface area contributed by atoms with Crippen molar-refractivity contribution < 1.29 is 19.4 Å². The minimum atomic E-state index is -0.763. The molecule has 4 atom stereocenters. The van der Waals surface area contributed by atoms with Crippen LogP contribution in [-0.4, -0.2) is 77.8 Å². The Hall–Kier alpha value is -2.19. The maximum atomic E-state index is 12.3. The fourth-order valence-corrected chi connectivity index (χ4v) is 5.87. The molecule has 2 fully saturated rings. The van der Waals surface area contributed by atoms with E-state index >= 15 is 0 Å². The number of aliphatic carboxylic acids is 1. The molecule has 3 aliphatic heterocycles. The third-order valence-electron chi connectivity index (χ3n) is 7.32. The standard InChI is InChI=1S/C23H33N3O5/c1-31-15-22(28)25-8-6-17(10-23(29)30)18(14-25)5-7-24-11-16-9-19(13-24)20-3-2-4-21(27)26(20)12-16/h2-4,16-19H,5-15H2,1H3,(H,29,30). The zero-order valence-electron chi connectivity index (χ0n) is 18.2. The van der Waals surface area contributed by atoms with Gasteiger partial charge in [0.25, 0.3) is 5.56 Å². The molecule has 8 nitrogen and oxygen atoms in total. The van der Waals surface area contributed by atoms with E-state index in [1.54, 1.807) is 6.07 Å². The predicted molar refractivity (Wildman–Crippen MR) is 115 cm³/mol. The number of fused-ring (bicyclic) bond motifs is 4. The van der Waals surface area contributed by atoms with Crippen LogP contribution in [0.25, 0.3) is 0 Å². The molecule has 0 spiro atoms. The number of hydrogen-bond acceptors (Lipinski definition) is 5. The number of carboxylic acid groups (broad SMARTS) is 1. The number of rotatable bonds is 7. The van der Waals surface area contributed by atoms with Crippen LogP contribution in [0.3, 0.4) is 0 Å². The lowest BCUT2D eigenvalue weighted by Gasteiger charge is -2.44. The minimum Gasteiger partial charge on any atom is -0.481 e. The zero-order valence-corrected chi connectivity index (χ0v) is 18.2. The molecule has 4 rings (SSSR count). The highest BCUT2D eigenvalue weighted by atomic mass is 16.5. The SMILES string of the molecule is COCC(=O)N1CCC(CC(=O)O)C(CCN2CC3CC(C2)c2cccc(=O)n2C3)C1. The van der Waals surface area contributed by atoms with Crippen LogP contribution in [0.4, 0.5) is 0 Å². The number of aromatic nitrogens is 1. The molecule has 4 heterocycles. The van der Waals surface area contributed by atoms with Gasteiger partial charge in [0.05, 0.1) is 0 Å². The van der Waals surface area contributed by atoms with Gasteiger partial charge in [0.1, 0.15) is 6.61 Å². The summed E-state index contributed by atoms with van der Waals surface area (Å²) in [6.45, 7) is 4.88. The van der Waals surface area contributed by atoms with Gasteiger partial charge in [-0.15, -0.1) is 0 Å². The molecule has 31 heavy (non-hydrogen) atoms. The van der Waals surface area contributed by atoms with Gasteiger partial charge in [-0.1, -0.05) is 6.07 Å². The molecular formula is C23H33N3O5. The molecule has 8 heteroatoms. The van der Waals surface area contributed by atoms with E-state index in [1.807, 2.05) is 15.5 Å². The van der Waals surface area contributed by atoms with Crippen molar-refractivity contribution in [2.24, 2.45) is 17.8 Å². The summed E-state index contributed by atoms with van der Waals surface area (Å²) in [5, 5.41) is 9.35. The summed E-state index contributed by atoms with van der Waals surface area (Å²) >= 11 is 0. The van der Waals surface area contributed by atoms with Crippen molar-refractivity contribution >= 4 is 11.9 Å². The molecule has 0 radical (unpaired) electrons. The first-order chi connectivity index (χ1) is 14.9. The van der Waals surface area contributed by atoms with Crippen molar-refractivity contribution in [1.82, 2.24) is 14.4 Å². The Labute approximate surface area is 182 Å². The number of nitrogens with zero attached hydrogens (tertiary/aromatic N) is 3. The van der Waals surface area contributed by atoms with Gasteiger partial charge >= 0.3 is 5.97 Å². The van der Waals surface area contributed by atoms with E-state index in [0.29, 0.717) is 24.9 Å². The summed E-state index contributed by atoms with van der Waals surface area (Å²) in [5.41, 5.74) is 1.24. The molecule has 0 aromatic carbocycles. The van der Waals surface area contributed by atoms with Crippen molar-refractivity contribution in [3.63, 3.8) is 0 Å². The van der Waals surface area contributed by atoms with E-state index in [2.05, 4.69) is 11.0 Å². The van der Waals surface area contributed by atoms with Gasteiger partial charge in [-0.05, 0) is 49.6 Å². The number of amides is 1. The number of likely N-dealkylation sites (tertiary alicyclic amines) is 2. The monoisotopic (exact) mass is 431 g/mol. The average Bonchev–Trinajstić information content (AvgIpc) is 2.73. The van der Waals surface area contributed by atoms with E-state index in [-0.39, 0.29) is 36.3 Å². The van der Waals surface area contributed by atoms with Crippen molar-refractivity contribution in [1.29, 1.82) is 0 Å². The number of carbonyl (C=O) groups excluding carboxylic acids is 1. The van der Waals surface area contributed by atoms with Crippen LogP contribution in [-0.2, 0) is 20.9 Å². The van der Waals surface area contributed by atoms with Crippen LogP contribution < -0.4 is 5.56 Å². The lowest BCUT2D eigenvalue weighted by Crippen LogP contribution is -2.49. The van der Waals surface area contributed by atoms with Crippen LogP contribution in [0.15, 0.2) is 23.0 Å². The molecule has 1 aromatic rings. The molecular weight excluding hydrogens is 398 g/mol. The Morgan fingerprint density at radius 3 is 2.77 bits per heavy atom. The van der Waals surface area contributed by atoms with Crippen molar-refractivity contribution in [2.45, 2.75) is 38.1 Å². The highest BCUT2D eigenvalue weighted by Gasteiger charge is 2.36. The molecule has 1 aromatic heterocycles. The Kier molecular flexibility index (Phi) is 6.77. The normalized spacial score (nSPS) is 28.2. The Balaban J connectivity index is 1.40. The van der Waals surface area contributed by atoms with Gasteiger partial charge in [0, 0.05) is 63.9 Å². The van der Waals surface area contributed by atoms with E-state index < -0.39 is 5.97 Å². The molecule has 1 amide bonds. The van der Waals surface area contributed by atoms with E-state index in [9.17, 15) is 19.5 Å².